The number of hydrogen-bond acceptors (Lipinski definition) is 5. The minimum atomic E-state index is -0.885. The van der Waals surface area contributed by atoms with Crippen LogP contribution in [0, 0.1) is 15.9 Å². The SMILES string of the molecule is Cl.O=C(NCCN1CCNCC1)c1ccc([N+](=O)[O-])cc1F. The molecule has 0 radical (unpaired) electrons. The van der Waals surface area contributed by atoms with Crippen molar-refractivity contribution in [3.05, 3.63) is 39.7 Å². The van der Waals surface area contributed by atoms with Gasteiger partial charge in [0.2, 0.25) is 0 Å². The molecule has 1 amide bonds. The van der Waals surface area contributed by atoms with Crippen molar-refractivity contribution in [1.29, 1.82) is 0 Å². The first-order valence-corrected chi connectivity index (χ1v) is 6.73. The van der Waals surface area contributed by atoms with E-state index < -0.39 is 16.6 Å². The van der Waals surface area contributed by atoms with Crippen LogP contribution in [0.2, 0.25) is 0 Å². The van der Waals surface area contributed by atoms with Crippen LogP contribution in [0.5, 0.6) is 0 Å². The fourth-order valence-electron chi connectivity index (χ4n) is 2.16. The van der Waals surface area contributed by atoms with E-state index in [2.05, 4.69) is 15.5 Å². The topological polar surface area (TPSA) is 87.5 Å². The van der Waals surface area contributed by atoms with Gasteiger partial charge in [0.1, 0.15) is 5.82 Å². The molecule has 9 heteroatoms. The van der Waals surface area contributed by atoms with Crippen LogP contribution in [0.15, 0.2) is 18.2 Å². The Morgan fingerprint density at radius 3 is 2.68 bits per heavy atom. The highest BCUT2D eigenvalue weighted by atomic mass is 35.5. The number of nitrogens with zero attached hydrogens (tertiary/aromatic N) is 2. The smallest absolute Gasteiger partial charge is 0.272 e. The zero-order chi connectivity index (χ0) is 15.2. The van der Waals surface area contributed by atoms with Crippen molar-refractivity contribution in [2.24, 2.45) is 0 Å². The van der Waals surface area contributed by atoms with E-state index in [1.165, 1.54) is 0 Å². The summed E-state index contributed by atoms with van der Waals surface area (Å²) >= 11 is 0. The van der Waals surface area contributed by atoms with E-state index in [-0.39, 0.29) is 23.7 Å². The van der Waals surface area contributed by atoms with Crippen LogP contribution >= 0.6 is 12.4 Å². The monoisotopic (exact) mass is 332 g/mol. The molecular weight excluding hydrogens is 315 g/mol. The van der Waals surface area contributed by atoms with Gasteiger partial charge in [-0.2, -0.15) is 0 Å². The van der Waals surface area contributed by atoms with Crippen LogP contribution in [0.1, 0.15) is 10.4 Å². The van der Waals surface area contributed by atoms with Gasteiger partial charge in [-0.25, -0.2) is 4.39 Å². The van der Waals surface area contributed by atoms with E-state index in [4.69, 9.17) is 0 Å². The lowest BCUT2D eigenvalue weighted by Gasteiger charge is -2.27. The summed E-state index contributed by atoms with van der Waals surface area (Å²) in [6.45, 7) is 4.79. The number of amides is 1. The first-order chi connectivity index (χ1) is 10.1. The minimum Gasteiger partial charge on any atom is -0.351 e. The average Bonchev–Trinajstić information content (AvgIpc) is 2.48. The number of piperazine rings is 1. The van der Waals surface area contributed by atoms with Crippen LogP contribution in [0.4, 0.5) is 10.1 Å². The molecule has 0 aromatic heterocycles. The lowest BCUT2D eigenvalue weighted by Crippen LogP contribution is -2.46. The molecule has 1 heterocycles. The summed E-state index contributed by atoms with van der Waals surface area (Å²) in [7, 11) is 0. The van der Waals surface area contributed by atoms with Crippen LogP contribution in [-0.4, -0.2) is 55.0 Å². The lowest BCUT2D eigenvalue weighted by atomic mass is 10.2. The number of benzene rings is 1. The molecule has 1 aromatic rings. The molecule has 1 aromatic carbocycles. The van der Waals surface area contributed by atoms with Gasteiger partial charge in [0.05, 0.1) is 16.6 Å². The lowest BCUT2D eigenvalue weighted by molar-refractivity contribution is -0.385. The summed E-state index contributed by atoms with van der Waals surface area (Å²) in [5.41, 5.74) is -0.550. The fraction of sp³-hybridized carbons (Fsp3) is 0.462. The van der Waals surface area contributed by atoms with E-state index in [0.717, 1.165) is 44.4 Å². The quantitative estimate of drug-likeness (QED) is 0.615. The zero-order valence-electron chi connectivity index (χ0n) is 11.9. The summed E-state index contributed by atoms with van der Waals surface area (Å²) in [5.74, 6) is -1.44. The first kappa shape index (κ1) is 18.3. The highest BCUT2D eigenvalue weighted by molar-refractivity contribution is 5.94. The summed E-state index contributed by atoms with van der Waals surface area (Å²) < 4.78 is 13.7. The molecule has 0 spiro atoms. The second-order valence-electron chi connectivity index (χ2n) is 4.77. The van der Waals surface area contributed by atoms with Crippen molar-refractivity contribution in [2.75, 3.05) is 39.3 Å². The Labute approximate surface area is 133 Å². The standard InChI is InChI=1S/C13H17FN4O3.ClH/c14-12-9-10(18(20)21)1-2-11(12)13(19)16-5-8-17-6-3-15-4-7-17;/h1-2,9,15H,3-8H2,(H,16,19);1H. The van der Waals surface area contributed by atoms with Crippen molar-refractivity contribution < 1.29 is 14.1 Å². The van der Waals surface area contributed by atoms with Crippen molar-refractivity contribution in [1.82, 2.24) is 15.5 Å². The summed E-state index contributed by atoms with van der Waals surface area (Å²) in [5, 5.41) is 16.4. The maximum atomic E-state index is 13.7. The summed E-state index contributed by atoms with van der Waals surface area (Å²) in [6.07, 6.45) is 0. The van der Waals surface area contributed by atoms with Gasteiger partial charge in [-0.15, -0.1) is 12.4 Å². The molecule has 7 nitrogen and oxygen atoms in total. The Hall–Kier alpha value is -1.77. The number of nitro benzene ring substituents is 1. The molecule has 2 rings (SSSR count). The molecular formula is C13H18ClFN4O3. The third-order valence-corrected chi connectivity index (χ3v) is 3.33. The molecule has 1 saturated heterocycles. The second-order valence-corrected chi connectivity index (χ2v) is 4.77. The van der Waals surface area contributed by atoms with Crippen molar-refractivity contribution in [3.63, 3.8) is 0 Å². The van der Waals surface area contributed by atoms with Crippen LogP contribution < -0.4 is 10.6 Å². The average molecular weight is 333 g/mol. The maximum absolute atomic E-state index is 13.7. The van der Waals surface area contributed by atoms with E-state index in [1.54, 1.807) is 0 Å². The number of non-ortho nitro benzene ring substituents is 1. The molecule has 0 unspecified atom stereocenters. The number of rotatable bonds is 5. The number of halogens is 2. The third-order valence-electron chi connectivity index (χ3n) is 3.33. The third kappa shape index (κ3) is 4.90. The van der Waals surface area contributed by atoms with Gasteiger partial charge in [0, 0.05) is 45.3 Å². The van der Waals surface area contributed by atoms with Gasteiger partial charge in [-0.05, 0) is 6.07 Å². The Morgan fingerprint density at radius 1 is 1.41 bits per heavy atom. The van der Waals surface area contributed by atoms with Crippen molar-refractivity contribution >= 4 is 24.0 Å². The number of nitrogens with one attached hydrogen (secondary N) is 2. The number of carbonyl (C=O) groups is 1. The molecule has 1 aliphatic rings. The second kappa shape index (κ2) is 8.62. The minimum absolute atomic E-state index is 0. The number of nitro groups is 1. The van der Waals surface area contributed by atoms with E-state index in [1.807, 2.05) is 0 Å². The van der Waals surface area contributed by atoms with Crippen molar-refractivity contribution in [3.8, 4) is 0 Å². The summed E-state index contributed by atoms with van der Waals surface area (Å²) in [6, 6.07) is 3.01. The predicted molar refractivity (Wildman–Crippen MR) is 81.9 cm³/mol. The molecule has 0 bridgehead atoms. The van der Waals surface area contributed by atoms with Gasteiger partial charge in [-0.3, -0.25) is 19.8 Å². The molecule has 1 fully saturated rings. The Balaban J connectivity index is 0.00000242. The van der Waals surface area contributed by atoms with Crippen molar-refractivity contribution in [2.45, 2.75) is 0 Å². The highest BCUT2D eigenvalue weighted by Crippen LogP contribution is 2.16. The molecule has 122 valence electrons. The van der Waals surface area contributed by atoms with E-state index in [0.29, 0.717) is 13.1 Å². The zero-order valence-corrected chi connectivity index (χ0v) is 12.7. The highest BCUT2D eigenvalue weighted by Gasteiger charge is 2.16. The van der Waals surface area contributed by atoms with Gasteiger partial charge in [0.15, 0.2) is 0 Å². The normalized spacial score (nSPS) is 15.0. The molecule has 1 aliphatic heterocycles. The number of carbonyl (C=O) groups excluding carboxylic acids is 1. The number of hydrogen-bond donors (Lipinski definition) is 2. The van der Waals surface area contributed by atoms with Crippen LogP contribution in [-0.2, 0) is 0 Å². The Kier molecular flexibility index (Phi) is 7.16. The fourth-order valence-corrected chi connectivity index (χ4v) is 2.16. The van der Waals surface area contributed by atoms with Gasteiger partial charge in [-0.1, -0.05) is 0 Å². The van der Waals surface area contributed by atoms with Gasteiger partial charge >= 0.3 is 0 Å². The molecule has 0 aliphatic carbocycles. The molecule has 0 saturated carbocycles. The summed E-state index contributed by atoms with van der Waals surface area (Å²) in [4.78, 5) is 23.8. The Bertz CT molecular complexity index is 538. The predicted octanol–water partition coefficient (Wildman–Crippen LogP) is 0.791. The molecule has 2 N–H and O–H groups in total. The largest absolute Gasteiger partial charge is 0.351 e. The molecule has 22 heavy (non-hydrogen) atoms. The van der Waals surface area contributed by atoms with Gasteiger partial charge in [0.25, 0.3) is 11.6 Å². The van der Waals surface area contributed by atoms with E-state index >= 15 is 0 Å². The van der Waals surface area contributed by atoms with Crippen LogP contribution in [0.3, 0.4) is 0 Å². The van der Waals surface area contributed by atoms with E-state index in [9.17, 15) is 19.3 Å². The van der Waals surface area contributed by atoms with Gasteiger partial charge < -0.3 is 10.6 Å². The van der Waals surface area contributed by atoms with Crippen LogP contribution in [0.25, 0.3) is 0 Å². The molecule has 0 atom stereocenters. The maximum Gasteiger partial charge on any atom is 0.272 e. The Morgan fingerprint density at radius 2 is 2.09 bits per heavy atom. The first-order valence-electron chi connectivity index (χ1n) is 6.73.